The van der Waals surface area contributed by atoms with Crippen LogP contribution >= 0.6 is 0 Å². The van der Waals surface area contributed by atoms with Crippen LogP contribution in [0.4, 0.5) is 5.69 Å². The zero-order chi connectivity index (χ0) is 13.4. The molecule has 3 rings (SSSR count). The highest BCUT2D eigenvalue weighted by Crippen LogP contribution is 2.33. The molecule has 0 aliphatic carbocycles. The van der Waals surface area contributed by atoms with E-state index < -0.39 is 0 Å². The van der Waals surface area contributed by atoms with Crippen molar-refractivity contribution < 1.29 is 0 Å². The molecule has 104 valence electrons. The van der Waals surface area contributed by atoms with Crippen LogP contribution in [0.1, 0.15) is 30.4 Å². The third-order valence-corrected chi connectivity index (χ3v) is 5.01. The highest BCUT2D eigenvalue weighted by Gasteiger charge is 2.35. The van der Waals surface area contributed by atoms with Gasteiger partial charge < -0.3 is 10.6 Å². The Morgan fingerprint density at radius 2 is 2.00 bits per heavy atom. The average molecular weight is 259 g/mol. The van der Waals surface area contributed by atoms with Gasteiger partial charge in [-0.2, -0.15) is 0 Å². The van der Waals surface area contributed by atoms with E-state index >= 15 is 0 Å². The van der Waals surface area contributed by atoms with E-state index in [1.807, 2.05) is 0 Å². The van der Waals surface area contributed by atoms with Gasteiger partial charge in [-0.05, 0) is 44.4 Å². The molecule has 2 saturated heterocycles. The SMILES string of the molecule is Cc1cccc(CN)c1N1CCC2CCC(C1)N2C. The zero-order valence-electron chi connectivity index (χ0n) is 12.1. The van der Waals surface area contributed by atoms with Gasteiger partial charge in [0, 0.05) is 37.4 Å². The lowest BCUT2D eigenvalue weighted by Crippen LogP contribution is -2.37. The van der Waals surface area contributed by atoms with Crippen LogP contribution in [0.3, 0.4) is 0 Å². The first-order chi connectivity index (χ1) is 9.20. The van der Waals surface area contributed by atoms with Gasteiger partial charge in [0.15, 0.2) is 0 Å². The largest absolute Gasteiger partial charge is 0.369 e. The molecule has 2 fully saturated rings. The molecule has 2 aliphatic rings. The van der Waals surface area contributed by atoms with Gasteiger partial charge in [0.05, 0.1) is 0 Å². The second-order valence-electron chi connectivity index (χ2n) is 6.07. The Hall–Kier alpha value is -1.06. The summed E-state index contributed by atoms with van der Waals surface area (Å²) in [5.41, 5.74) is 9.98. The van der Waals surface area contributed by atoms with Crippen molar-refractivity contribution in [1.29, 1.82) is 0 Å². The Bertz CT molecular complexity index is 457. The summed E-state index contributed by atoms with van der Waals surface area (Å²) in [7, 11) is 2.30. The molecule has 2 bridgehead atoms. The Labute approximate surface area is 116 Å². The first-order valence-corrected chi connectivity index (χ1v) is 7.46. The molecule has 19 heavy (non-hydrogen) atoms. The predicted octanol–water partition coefficient (Wildman–Crippen LogP) is 2.13. The highest BCUT2D eigenvalue weighted by atomic mass is 15.3. The molecule has 0 spiro atoms. The summed E-state index contributed by atoms with van der Waals surface area (Å²) in [6, 6.07) is 8.02. The minimum absolute atomic E-state index is 0.636. The van der Waals surface area contributed by atoms with Gasteiger partial charge in [0.1, 0.15) is 0 Å². The van der Waals surface area contributed by atoms with Crippen molar-refractivity contribution in [3.05, 3.63) is 29.3 Å². The molecule has 2 N–H and O–H groups in total. The van der Waals surface area contributed by atoms with E-state index in [0.717, 1.165) is 18.6 Å². The standard InChI is InChI=1S/C16H25N3/c1-12-4-3-5-13(10-17)16(12)19-9-8-14-6-7-15(11-19)18(14)2/h3-5,14-15H,6-11,17H2,1-2H3. The molecule has 2 atom stereocenters. The number of nitrogens with zero attached hydrogens (tertiary/aromatic N) is 2. The van der Waals surface area contributed by atoms with Gasteiger partial charge in [0.25, 0.3) is 0 Å². The number of para-hydroxylation sites is 1. The monoisotopic (exact) mass is 259 g/mol. The quantitative estimate of drug-likeness (QED) is 0.883. The lowest BCUT2D eigenvalue weighted by atomic mass is 10.0. The normalized spacial score (nSPS) is 27.6. The molecule has 0 aromatic heterocycles. The topological polar surface area (TPSA) is 32.5 Å². The molecule has 2 unspecified atom stereocenters. The van der Waals surface area contributed by atoms with Crippen LogP contribution < -0.4 is 10.6 Å². The van der Waals surface area contributed by atoms with E-state index in [1.54, 1.807) is 0 Å². The van der Waals surface area contributed by atoms with Gasteiger partial charge in [0.2, 0.25) is 0 Å². The molecule has 3 heteroatoms. The number of hydrogen-bond acceptors (Lipinski definition) is 3. The smallest absolute Gasteiger partial charge is 0.0442 e. The third-order valence-electron chi connectivity index (χ3n) is 5.01. The summed E-state index contributed by atoms with van der Waals surface area (Å²) in [6.07, 6.45) is 4.01. The third kappa shape index (κ3) is 2.26. The van der Waals surface area contributed by atoms with Crippen LogP contribution in [0.15, 0.2) is 18.2 Å². The molecule has 0 saturated carbocycles. The Morgan fingerprint density at radius 3 is 2.79 bits per heavy atom. The molecule has 1 aromatic carbocycles. The molecular formula is C16H25N3. The molecule has 3 nitrogen and oxygen atoms in total. The number of benzene rings is 1. The summed E-state index contributed by atoms with van der Waals surface area (Å²) in [5.74, 6) is 0. The number of aryl methyl sites for hydroxylation is 1. The number of likely N-dealkylation sites (N-methyl/N-ethyl adjacent to an activating group) is 1. The first kappa shape index (κ1) is 12.9. The lowest BCUT2D eigenvalue weighted by molar-refractivity contribution is 0.254. The van der Waals surface area contributed by atoms with E-state index in [9.17, 15) is 0 Å². The lowest BCUT2D eigenvalue weighted by Gasteiger charge is -2.30. The minimum atomic E-state index is 0.636. The molecular weight excluding hydrogens is 234 g/mol. The number of anilines is 1. The second-order valence-corrected chi connectivity index (χ2v) is 6.07. The van der Waals surface area contributed by atoms with Crippen molar-refractivity contribution in [3.63, 3.8) is 0 Å². The molecule has 0 radical (unpaired) electrons. The average Bonchev–Trinajstić information content (AvgIpc) is 2.64. The molecule has 1 aromatic rings. The van der Waals surface area contributed by atoms with Crippen LogP contribution in [0, 0.1) is 6.92 Å². The Morgan fingerprint density at radius 1 is 1.21 bits per heavy atom. The molecule has 2 heterocycles. The van der Waals surface area contributed by atoms with Crippen molar-refractivity contribution in [1.82, 2.24) is 4.90 Å². The van der Waals surface area contributed by atoms with Crippen LogP contribution in [0.5, 0.6) is 0 Å². The predicted molar refractivity (Wildman–Crippen MR) is 80.5 cm³/mol. The summed E-state index contributed by atoms with van der Waals surface area (Å²) in [5, 5.41) is 0. The van der Waals surface area contributed by atoms with Gasteiger partial charge in [-0.25, -0.2) is 0 Å². The fraction of sp³-hybridized carbons (Fsp3) is 0.625. The Kier molecular flexibility index (Phi) is 3.50. The van der Waals surface area contributed by atoms with Crippen LogP contribution in [-0.4, -0.2) is 37.1 Å². The van der Waals surface area contributed by atoms with Crippen LogP contribution in [0.2, 0.25) is 0 Å². The number of nitrogens with two attached hydrogens (primary N) is 1. The maximum absolute atomic E-state index is 5.93. The molecule has 0 amide bonds. The van der Waals surface area contributed by atoms with E-state index in [4.69, 9.17) is 5.73 Å². The van der Waals surface area contributed by atoms with E-state index in [1.165, 1.54) is 42.6 Å². The second kappa shape index (κ2) is 5.14. The summed E-state index contributed by atoms with van der Waals surface area (Å²) in [4.78, 5) is 5.18. The van der Waals surface area contributed by atoms with Crippen molar-refractivity contribution >= 4 is 5.69 Å². The van der Waals surface area contributed by atoms with E-state index in [2.05, 4.69) is 42.0 Å². The zero-order valence-corrected chi connectivity index (χ0v) is 12.1. The number of hydrogen-bond donors (Lipinski definition) is 1. The maximum atomic E-state index is 5.93. The summed E-state index contributed by atoms with van der Waals surface area (Å²) < 4.78 is 0. The van der Waals surface area contributed by atoms with E-state index in [-0.39, 0.29) is 0 Å². The van der Waals surface area contributed by atoms with Crippen molar-refractivity contribution in [2.24, 2.45) is 5.73 Å². The van der Waals surface area contributed by atoms with Crippen molar-refractivity contribution in [2.75, 3.05) is 25.0 Å². The van der Waals surface area contributed by atoms with Gasteiger partial charge in [-0.1, -0.05) is 18.2 Å². The first-order valence-electron chi connectivity index (χ1n) is 7.46. The molecule has 2 aliphatic heterocycles. The fourth-order valence-electron chi connectivity index (χ4n) is 3.85. The van der Waals surface area contributed by atoms with Crippen LogP contribution in [-0.2, 0) is 6.54 Å². The summed E-state index contributed by atoms with van der Waals surface area (Å²) in [6.45, 7) is 5.17. The van der Waals surface area contributed by atoms with Gasteiger partial charge >= 0.3 is 0 Å². The number of fused-ring (bicyclic) bond motifs is 2. The van der Waals surface area contributed by atoms with Crippen molar-refractivity contribution in [3.8, 4) is 0 Å². The fourth-order valence-corrected chi connectivity index (χ4v) is 3.85. The van der Waals surface area contributed by atoms with Gasteiger partial charge in [-0.3, -0.25) is 4.90 Å². The maximum Gasteiger partial charge on any atom is 0.0442 e. The van der Waals surface area contributed by atoms with Gasteiger partial charge in [-0.15, -0.1) is 0 Å². The van der Waals surface area contributed by atoms with Crippen molar-refractivity contribution in [2.45, 2.75) is 44.8 Å². The number of rotatable bonds is 2. The van der Waals surface area contributed by atoms with Crippen LogP contribution in [0.25, 0.3) is 0 Å². The van der Waals surface area contributed by atoms with E-state index in [0.29, 0.717) is 6.54 Å². The minimum Gasteiger partial charge on any atom is -0.369 e. The summed E-state index contributed by atoms with van der Waals surface area (Å²) >= 11 is 0. The highest BCUT2D eigenvalue weighted by molar-refractivity contribution is 5.59. The Balaban J connectivity index is 1.91.